The molecule has 1 atom stereocenters. The minimum atomic E-state index is -0.674. The van der Waals surface area contributed by atoms with Crippen LogP contribution in [0.3, 0.4) is 0 Å². The third-order valence-corrected chi connectivity index (χ3v) is 3.85. The summed E-state index contributed by atoms with van der Waals surface area (Å²) in [7, 11) is 1.49. The normalized spacial score (nSPS) is 21.8. The molecular formula is C14H19N3O3. The van der Waals surface area contributed by atoms with Gasteiger partial charge in [-0.1, -0.05) is 6.07 Å². The van der Waals surface area contributed by atoms with Gasteiger partial charge in [-0.05, 0) is 25.5 Å². The highest BCUT2D eigenvalue weighted by atomic mass is 16.5. The fourth-order valence-corrected chi connectivity index (χ4v) is 2.44. The lowest BCUT2D eigenvalue weighted by atomic mass is 9.89. The second kappa shape index (κ2) is 5.03. The number of benzene rings is 1. The smallest absolute Gasteiger partial charge is 0.259 e. The Hall–Kier alpha value is -2.24. The van der Waals surface area contributed by atoms with Gasteiger partial charge in [-0.2, -0.15) is 0 Å². The number of nitrogens with zero attached hydrogens (tertiary/aromatic N) is 1. The summed E-state index contributed by atoms with van der Waals surface area (Å²) in [4.78, 5) is 25.6. The molecule has 108 valence electrons. The van der Waals surface area contributed by atoms with Gasteiger partial charge < -0.3 is 21.1 Å². The molecule has 2 amide bonds. The summed E-state index contributed by atoms with van der Waals surface area (Å²) in [6.07, 6.45) is 0.559. The number of primary amides is 1. The van der Waals surface area contributed by atoms with Crippen LogP contribution in [-0.2, 0) is 4.79 Å². The summed E-state index contributed by atoms with van der Waals surface area (Å²) < 4.78 is 5.19. The van der Waals surface area contributed by atoms with E-state index in [0.717, 1.165) is 0 Å². The Morgan fingerprint density at radius 3 is 2.65 bits per heavy atom. The van der Waals surface area contributed by atoms with Crippen LogP contribution < -0.4 is 16.2 Å². The number of hydrogen-bond acceptors (Lipinski definition) is 4. The van der Waals surface area contributed by atoms with E-state index in [9.17, 15) is 9.59 Å². The lowest BCUT2D eigenvalue weighted by Gasteiger charge is -2.22. The first-order chi connectivity index (χ1) is 9.39. The summed E-state index contributed by atoms with van der Waals surface area (Å²) in [5.41, 5.74) is 11.3. The first-order valence-electron chi connectivity index (χ1n) is 6.41. The van der Waals surface area contributed by atoms with Crippen molar-refractivity contribution in [1.29, 1.82) is 0 Å². The van der Waals surface area contributed by atoms with Gasteiger partial charge in [0.25, 0.3) is 5.91 Å². The van der Waals surface area contributed by atoms with Crippen LogP contribution >= 0.6 is 0 Å². The van der Waals surface area contributed by atoms with Crippen molar-refractivity contribution in [3.8, 4) is 5.75 Å². The molecule has 1 aliphatic rings. The van der Waals surface area contributed by atoms with Crippen molar-refractivity contribution in [2.75, 3.05) is 25.9 Å². The molecule has 1 unspecified atom stereocenters. The lowest BCUT2D eigenvalue weighted by Crippen LogP contribution is -2.38. The number of hydrogen-bond donors (Lipinski definition) is 2. The molecule has 0 radical (unpaired) electrons. The van der Waals surface area contributed by atoms with Gasteiger partial charge in [0.05, 0.1) is 12.5 Å². The van der Waals surface area contributed by atoms with Crippen LogP contribution in [0.25, 0.3) is 0 Å². The van der Waals surface area contributed by atoms with E-state index in [1.807, 2.05) is 0 Å². The van der Waals surface area contributed by atoms with Gasteiger partial charge in [0, 0.05) is 18.8 Å². The number of amides is 2. The summed E-state index contributed by atoms with van der Waals surface area (Å²) >= 11 is 0. The molecule has 1 aromatic carbocycles. The standard InChI is InChI=1S/C14H19N3O3/c1-14(13(16)19)6-7-17(8-14)12(18)11-9(15)4-3-5-10(11)20-2/h3-5H,6-8,15H2,1-2H3,(H2,16,19). The second-order valence-electron chi connectivity index (χ2n) is 5.33. The molecule has 20 heavy (non-hydrogen) atoms. The van der Waals surface area contributed by atoms with E-state index in [2.05, 4.69) is 0 Å². The molecule has 0 aliphatic carbocycles. The molecule has 0 bridgehead atoms. The van der Waals surface area contributed by atoms with E-state index in [1.54, 1.807) is 30.0 Å². The summed E-state index contributed by atoms with van der Waals surface area (Å²) in [5.74, 6) is -0.187. The highest BCUT2D eigenvalue weighted by Gasteiger charge is 2.41. The number of nitrogens with two attached hydrogens (primary N) is 2. The van der Waals surface area contributed by atoms with E-state index in [4.69, 9.17) is 16.2 Å². The predicted octanol–water partition coefficient (Wildman–Crippen LogP) is 0.615. The number of likely N-dealkylation sites (tertiary alicyclic amines) is 1. The van der Waals surface area contributed by atoms with Crippen molar-refractivity contribution < 1.29 is 14.3 Å². The van der Waals surface area contributed by atoms with E-state index >= 15 is 0 Å². The van der Waals surface area contributed by atoms with Crippen LogP contribution in [0.1, 0.15) is 23.7 Å². The zero-order chi connectivity index (χ0) is 14.9. The van der Waals surface area contributed by atoms with Crippen LogP contribution in [0.5, 0.6) is 5.75 Å². The number of methoxy groups -OCH3 is 1. The molecule has 1 aromatic rings. The maximum Gasteiger partial charge on any atom is 0.259 e. The first-order valence-corrected chi connectivity index (χ1v) is 6.41. The summed E-state index contributed by atoms with van der Waals surface area (Å²) in [6.45, 7) is 2.56. The number of rotatable bonds is 3. The van der Waals surface area contributed by atoms with Crippen LogP contribution in [0.4, 0.5) is 5.69 Å². The number of anilines is 1. The molecule has 2 rings (SSSR count). The monoisotopic (exact) mass is 277 g/mol. The third kappa shape index (κ3) is 2.29. The van der Waals surface area contributed by atoms with E-state index < -0.39 is 5.41 Å². The largest absolute Gasteiger partial charge is 0.496 e. The van der Waals surface area contributed by atoms with Crippen molar-refractivity contribution in [2.45, 2.75) is 13.3 Å². The summed E-state index contributed by atoms with van der Waals surface area (Å²) in [6, 6.07) is 5.06. The van der Waals surface area contributed by atoms with Gasteiger partial charge in [0.15, 0.2) is 0 Å². The Morgan fingerprint density at radius 2 is 2.10 bits per heavy atom. The molecule has 1 heterocycles. The third-order valence-electron chi connectivity index (χ3n) is 3.85. The Morgan fingerprint density at radius 1 is 1.40 bits per heavy atom. The zero-order valence-electron chi connectivity index (χ0n) is 11.7. The molecule has 0 saturated carbocycles. The quantitative estimate of drug-likeness (QED) is 0.791. The Balaban J connectivity index is 2.28. The maximum atomic E-state index is 12.6. The Labute approximate surface area is 117 Å². The van der Waals surface area contributed by atoms with Gasteiger partial charge in [-0.15, -0.1) is 0 Å². The minimum Gasteiger partial charge on any atom is -0.496 e. The van der Waals surface area contributed by atoms with E-state index in [0.29, 0.717) is 36.5 Å². The van der Waals surface area contributed by atoms with Gasteiger partial charge in [0.1, 0.15) is 11.3 Å². The van der Waals surface area contributed by atoms with Gasteiger partial charge in [-0.3, -0.25) is 9.59 Å². The number of ether oxygens (including phenoxy) is 1. The average molecular weight is 277 g/mol. The Kier molecular flexibility index (Phi) is 3.57. The summed E-state index contributed by atoms with van der Waals surface area (Å²) in [5, 5.41) is 0. The van der Waals surface area contributed by atoms with Gasteiger partial charge in [0.2, 0.25) is 5.91 Å². The van der Waals surface area contributed by atoms with Gasteiger partial charge >= 0.3 is 0 Å². The molecular weight excluding hydrogens is 258 g/mol. The van der Waals surface area contributed by atoms with Crippen LogP contribution in [0.15, 0.2) is 18.2 Å². The molecule has 1 fully saturated rings. The average Bonchev–Trinajstić information content (AvgIpc) is 2.82. The lowest BCUT2D eigenvalue weighted by molar-refractivity contribution is -0.126. The predicted molar refractivity (Wildman–Crippen MR) is 75.2 cm³/mol. The second-order valence-corrected chi connectivity index (χ2v) is 5.33. The zero-order valence-corrected chi connectivity index (χ0v) is 11.7. The number of carbonyl (C=O) groups excluding carboxylic acids is 2. The van der Waals surface area contributed by atoms with Crippen molar-refractivity contribution in [1.82, 2.24) is 4.90 Å². The minimum absolute atomic E-state index is 0.232. The van der Waals surface area contributed by atoms with Crippen LogP contribution in [0, 0.1) is 5.41 Å². The fraction of sp³-hybridized carbons (Fsp3) is 0.429. The van der Waals surface area contributed by atoms with Crippen molar-refractivity contribution in [3.05, 3.63) is 23.8 Å². The molecule has 0 spiro atoms. The molecule has 0 aromatic heterocycles. The Bertz CT molecular complexity index is 559. The fourth-order valence-electron chi connectivity index (χ4n) is 2.44. The highest BCUT2D eigenvalue weighted by molar-refractivity contribution is 6.02. The van der Waals surface area contributed by atoms with Gasteiger partial charge in [-0.25, -0.2) is 0 Å². The topological polar surface area (TPSA) is 98.7 Å². The van der Waals surface area contributed by atoms with E-state index in [-0.39, 0.29) is 11.8 Å². The SMILES string of the molecule is COc1cccc(N)c1C(=O)N1CCC(C)(C(N)=O)C1. The highest BCUT2D eigenvalue weighted by Crippen LogP contribution is 2.33. The van der Waals surface area contributed by atoms with Crippen molar-refractivity contribution in [3.63, 3.8) is 0 Å². The van der Waals surface area contributed by atoms with Crippen molar-refractivity contribution >= 4 is 17.5 Å². The number of nitrogen functional groups attached to an aromatic ring is 1. The number of carbonyl (C=O) groups is 2. The molecule has 1 saturated heterocycles. The van der Waals surface area contributed by atoms with E-state index in [1.165, 1.54) is 7.11 Å². The van der Waals surface area contributed by atoms with Crippen LogP contribution in [0.2, 0.25) is 0 Å². The molecule has 1 aliphatic heterocycles. The van der Waals surface area contributed by atoms with Crippen molar-refractivity contribution in [2.24, 2.45) is 11.1 Å². The molecule has 6 heteroatoms. The molecule has 6 nitrogen and oxygen atoms in total. The van der Waals surface area contributed by atoms with Crippen LogP contribution in [-0.4, -0.2) is 36.9 Å². The first kappa shape index (κ1) is 14.2. The maximum absolute atomic E-state index is 12.6. The molecule has 4 N–H and O–H groups in total.